The minimum atomic E-state index is 0.373. The Kier molecular flexibility index (Phi) is 1.66. The fourth-order valence-electron chi connectivity index (χ4n) is 2.17. The van der Waals surface area contributed by atoms with E-state index >= 15 is 0 Å². The molecule has 2 aliphatic rings. The highest BCUT2D eigenvalue weighted by Crippen LogP contribution is 2.26. The van der Waals surface area contributed by atoms with Crippen LogP contribution < -0.4 is 10.6 Å². The van der Waals surface area contributed by atoms with Gasteiger partial charge in [-0.1, -0.05) is 19.3 Å². The zero-order chi connectivity index (χ0) is 6.86. The van der Waals surface area contributed by atoms with Crippen LogP contribution in [-0.4, -0.2) is 18.8 Å². The quantitative estimate of drug-likeness (QED) is 0.521. The molecule has 2 nitrogen and oxygen atoms in total. The van der Waals surface area contributed by atoms with Gasteiger partial charge in [0.2, 0.25) is 0 Å². The minimum absolute atomic E-state index is 0.373. The molecule has 0 radical (unpaired) electrons. The summed E-state index contributed by atoms with van der Waals surface area (Å²) in [6.07, 6.45) is 6.92. The Labute approximate surface area is 62.4 Å². The lowest BCUT2D eigenvalue weighted by Crippen LogP contribution is -2.50. The summed E-state index contributed by atoms with van der Waals surface area (Å²) in [5.74, 6) is 0. The van der Waals surface area contributed by atoms with E-state index in [1.807, 2.05) is 0 Å². The highest BCUT2D eigenvalue weighted by Gasteiger charge is 2.33. The average Bonchev–Trinajstić information content (AvgIpc) is 2.39. The predicted molar refractivity (Wildman–Crippen MR) is 41.8 cm³/mol. The molecule has 0 amide bonds. The Hall–Kier alpha value is -0.0800. The summed E-state index contributed by atoms with van der Waals surface area (Å²) in [5.41, 5.74) is 0.373. The van der Waals surface area contributed by atoms with Gasteiger partial charge in [-0.3, -0.25) is 10.6 Å². The first-order valence-electron chi connectivity index (χ1n) is 4.41. The van der Waals surface area contributed by atoms with Crippen molar-refractivity contribution in [2.45, 2.75) is 37.8 Å². The van der Waals surface area contributed by atoms with Crippen molar-refractivity contribution in [3.63, 3.8) is 0 Å². The zero-order valence-corrected chi connectivity index (χ0v) is 6.45. The van der Waals surface area contributed by atoms with E-state index in [1.54, 1.807) is 0 Å². The van der Waals surface area contributed by atoms with Gasteiger partial charge < -0.3 is 0 Å². The van der Waals surface area contributed by atoms with Crippen LogP contribution in [0.5, 0.6) is 0 Å². The lowest BCUT2D eigenvalue weighted by molar-refractivity contribution is 0.234. The lowest BCUT2D eigenvalue weighted by atomic mass is 9.90. The second-order valence-electron chi connectivity index (χ2n) is 3.50. The van der Waals surface area contributed by atoms with Crippen molar-refractivity contribution in [1.82, 2.24) is 10.6 Å². The van der Waals surface area contributed by atoms with Crippen molar-refractivity contribution >= 4 is 0 Å². The molecule has 10 heavy (non-hydrogen) atoms. The summed E-state index contributed by atoms with van der Waals surface area (Å²) in [6.45, 7) is 2.33. The first kappa shape index (κ1) is 6.62. The van der Waals surface area contributed by atoms with E-state index in [-0.39, 0.29) is 0 Å². The van der Waals surface area contributed by atoms with E-state index in [2.05, 4.69) is 10.6 Å². The Balaban J connectivity index is 1.98. The average molecular weight is 140 g/mol. The van der Waals surface area contributed by atoms with Gasteiger partial charge in [0.1, 0.15) is 0 Å². The Morgan fingerprint density at radius 1 is 0.800 bits per heavy atom. The van der Waals surface area contributed by atoms with E-state index < -0.39 is 0 Å². The standard InChI is InChI=1S/C8H16N2/c1-2-4-8(5-3-1)9-6-7-10-8/h9-10H,1-7H2. The van der Waals surface area contributed by atoms with Crippen LogP contribution in [0.15, 0.2) is 0 Å². The molecule has 2 heteroatoms. The first-order valence-corrected chi connectivity index (χ1v) is 4.41. The number of nitrogens with one attached hydrogen (secondary N) is 2. The monoisotopic (exact) mass is 140 g/mol. The molecule has 0 bridgehead atoms. The molecule has 1 aliphatic heterocycles. The zero-order valence-electron chi connectivity index (χ0n) is 6.45. The van der Waals surface area contributed by atoms with Gasteiger partial charge in [-0.25, -0.2) is 0 Å². The fraction of sp³-hybridized carbons (Fsp3) is 1.00. The van der Waals surface area contributed by atoms with Gasteiger partial charge in [0.15, 0.2) is 0 Å². The molecular formula is C8H16N2. The van der Waals surface area contributed by atoms with Gasteiger partial charge in [0, 0.05) is 13.1 Å². The summed E-state index contributed by atoms with van der Waals surface area (Å²) in [4.78, 5) is 0. The van der Waals surface area contributed by atoms with E-state index in [0.29, 0.717) is 5.66 Å². The van der Waals surface area contributed by atoms with E-state index in [1.165, 1.54) is 45.2 Å². The molecular weight excluding hydrogens is 124 g/mol. The topological polar surface area (TPSA) is 24.1 Å². The third kappa shape index (κ3) is 1.06. The molecule has 0 aromatic rings. The molecule has 1 aliphatic carbocycles. The lowest BCUT2D eigenvalue weighted by Gasteiger charge is -2.33. The van der Waals surface area contributed by atoms with Gasteiger partial charge >= 0.3 is 0 Å². The fourth-order valence-corrected chi connectivity index (χ4v) is 2.17. The van der Waals surface area contributed by atoms with Crippen molar-refractivity contribution in [2.24, 2.45) is 0 Å². The molecule has 2 rings (SSSR count). The molecule has 0 aromatic carbocycles. The Bertz CT molecular complexity index is 108. The summed E-state index contributed by atoms with van der Waals surface area (Å²) < 4.78 is 0. The van der Waals surface area contributed by atoms with Crippen LogP contribution in [-0.2, 0) is 0 Å². The minimum Gasteiger partial charge on any atom is -0.298 e. The number of hydrogen-bond donors (Lipinski definition) is 2. The SMILES string of the molecule is C1CCC2(CC1)NCCN2. The molecule has 1 heterocycles. The number of hydrogen-bond acceptors (Lipinski definition) is 2. The third-order valence-corrected chi connectivity index (χ3v) is 2.76. The van der Waals surface area contributed by atoms with Crippen LogP contribution in [0.2, 0.25) is 0 Å². The van der Waals surface area contributed by atoms with Crippen molar-refractivity contribution in [3.05, 3.63) is 0 Å². The van der Waals surface area contributed by atoms with Crippen LogP contribution in [0.4, 0.5) is 0 Å². The smallest absolute Gasteiger partial charge is 0.0688 e. The van der Waals surface area contributed by atoms with E-state index in [9.17, 15) is 0 Å². The second-order valence-corrected chi connectivity index (χ2v) is 3.50. The highest BCUT2D eigenvalue weighted by molar-refractivity contribution is 4.92. The highest BCUT2D eigenvalue weighted by atomic mass is 15.2. The summed E-state index contributed by atoms with van der Waals surface area (Å²) in [6, 6.07) is 0. The Morgan fingerprint density at radius 3 is 2.00 bits per heavy atom. The molecule has 0 aromatic heterocycles. The molecule has 1 saturated carbocycles. The molecule has 2 fully saturated rings. The molecule has 2 N–H and O–H groups in total. The van der Waals surface area contributed by atoms with Crippen molar-refractivity contribution in [1.29, 1.82) is 0 Å². The molecule has 58 valence electrons. The summed E-state index contributed by atoms with van der Waals surface area (Å²) in [5, 5.41) is 7.12. The molecule has 1 saturated heterocycles. The maximum atomic E-state index is 3.56. The van der Waals surface area contributed by atoms with E-state index in [0.717, 1.165) is 0 Å². The molecule has 1 spiro atoms. The first-order chi connectivity index (χ1) is 4.91. The van der Waals surface area contributed by atoms with Crippen LogP contribution in [0.3, 0.4) is 0 Å². The van der Waals surface area contributed by atoms with Crippen molar-refractivity contribution in [3.8, 4) is 0 Å². The normalized spacial score (nSPS) is 31.2. The van der Waals surface area contributed by atoms with E-state index in [4.69, 9.17) is 0 Å². The van der Waals surface area contributed by atoms with Crippen molar-refractivity contribution in [2.75, 3.05) is 13.1 Å². The summed E-state index contributed by atoms with van der Waals surface area (Å²) >= 11 is 0. The van der Waals surface area contributed by atoms with Crippen LogP contribution in [0, 0.1) is 0 Å². The van der Waals surface area contributed by atoms with Gasteiger partial charge in [-0.05, 0) is 12.8 Å². The largest absolute Gasteiger partial charge is 0.298 e. The second kappa shape index (κ2) is 2.51. The number of rotatable bonds is 0. The maximum absolute atomic E-state index is 3.56. The van der Waals surface area contributed by atoms with Gasteiger partial charge in [0.25, 0.3) is 0 Å². The maximum Gasteiger partial charge on any atom is 0.0688 e. The van der Waals surface area contributed by atoms with Gasteiger partial charge in [0.05, 0.1) is 5.66 Å². The predicted octanol–water partition coefficient (Wildman–Crippen LogP) is 0.840. The van der Waals surface area contributed by atoms with Crippen molar-refractivity contribution < 1.29 is 0 Å². The third-order valence-electron chi connectivity index (χ3n) is 2.76. The van der Waals surface area contributed by atoms with Crippen LogP contribution in [0.25, 0.3) is 0 Å². The summed E-state index contributed by atoms with van der Waals surface area (Å²) in [7, 11) is 0. The molecule has 0 atom stereocenters. The van der Waals surface area contributed by atoms with Crippen LogP contribution in [0.1, 0.15) is 32.1 Å². The van der Waals surface area contributed by atoms with Gasteiger partial charge in [-0.2, -0.15) is 0 Å². The van der Waals surface area contributed by atoms with Crippen LogP contribution >= 0.6 is 0 Å². The molecule has 0 unspecified atom stereocenters. The van der Waals surface area contributed by atoms with Gasteiger partial charge in [-0.15, -0.1) is 0 Å². The Morgan fingerprint density at radius 2 is 1.40 bits per heavy atom.